The molecule has 1 atom stereocenters. The highest BCUT2D eigenvalue weighted by molar-refractivity contribution is 6.31. The molecule has 0 saturated carbocycles. The van der Waals surface area contributed by atoms with E-state index >= 15 is 0 Å². The van der Waals surface area contributed by atoms with Crippen LogP contribution in [0.1, 0.15) is 57.3 Å². The van der Waals surface area contributed by atoms with Crippen LogP contribution in [0.5, 0.6) is 11.5 Å². The smallest absolute Gasteiger partial charge is 0.306 e. The van der Waals surface area contributed by atoms with E-state index in [-0.39, 0.29) is 5.92 Å². The second kappa shape index (κ2) is 11.9. The van der Waals surface area contributed by atoms with Gasteiger partial charge in [0.1, 0.15) is 17.3 Å². The predicted octanol–water partition coefficient (Wildman–Crippen LogP) is 6.50. The number of carboxylic acids is 1. The number of rotatable bonds is 13. The van der Waals surface area contributed by atoms with E-state index in [4.69, 9.17) is 21.1 Å². The van der Waals surface area contributed by atoms with Crippen LogP contribution in [0.25, 0.3) is 11.0 Å². The molecule has 178 valence electrons. The Morgan fingerprint density at radius 2 is 1.82 bits per heavy atom. The predicted molar refractivity (Wildman–Crippen MR) is 132 cm³/mol. The van der Waals surface area contributed by atoms with Gasteiger partial charge in [-0.1, -0.05) is 44.4 Å². The highest BCUT2D eigenvalue weighted by Gasteiger charge is 2.15. The third kappa shape index (κ3) is 6.64. The number of ether oxygens (including phenoxy) is 2. The second-order valence-corrected chi connectivity index (χ2v) is 8.69. The molecule has 3 rings (SSSR count). The van der Waals surface area contributed by atoms with Crippen LogP contribution in [0, 0.1) is 12.8 Å². The Bertz CT molecular complexity index is 1080. The largest absolute Gasteiger partial charge is 0.494 e. The molecular formula is C26H33ClN2O4. The summed E-state index contributed by atoms with van der Waals surface area (Å²) in [6.07, 6.45) is 4.44. The Morgan fingerprint density at radius 1 is 1.09 bits per heavy atom. The van der Waals surface area contributed by atoms with Crippen molar-refractivity contribution in [2.75, 3.05) is 13.2 Å². The van der Waals surface area contributed by atoms with Gasteiger partial charge in [0.15, 0.2) is 0 Å². The van der Waals surface area contributed by atoms with Crippen LogP contribution in [-0.2, 0) is 11.3 Å². The van der Waals surface area contributed by atoms with E-state index in [1.165, 1.54) is 6.42 Å². The molecule has 1 aromatic heterocycles. The maximum atomic E-state index is 11.2. The quantitative estimate of drug-likeness (QED) is 0.287. The first-order valence-electron chi connectivity index (χ1n) is 11.7. The molecule has 0 fully saturated rings. The summed E-state index contributed by atoms with van der Waals surface area (Å²) < 4.78 is 13.7. The molecule has 33 heavy (non-hydrogen) atoms. The topological polar surface area (TPSA) is 73.6 Å². The van der Waals surface area contributed by atoms with Crippen LogP contribution in [0.4, 0.5) is 0 Å². The number of aromatic nitrogens is 2. The van der Waals surface area contributed by atoms with Crippen molar-refractivity contribution < 1.29 is 19.4 Å². The first-order chi connectivity index (χ1) is 15.9. The van der Waals surface area contributed by atoms with Crippen LogP contribution in [0.2, 0.25) is 5.02 Å². The number of unbranched alkanes of at least 4 members (excludes halogenated alkanes) is 2. The van der Waals surface area contributed by atoms with Crippen LogP contribution >= 0.6 is 11.6 Å². The van der Waals surface area contributed by atoms with Gasteiger partial charge in [0.2, 0.25) is 0 Å². The van der Waals surface area contributed by atoms with Crippen molar-refractivity contribution in [1.29, 1.82) is 0 Å². The van der Waals surface area contributed by atoms with Gasteiger partial charge in [-0.05, 0) is 56.0 Å². The van der Waals surface area contributed by atoms with Crippen molar-refractivity contribution in [3.63, 3.8) is 0 Å². The minimum Gasteiger partial charge on any atom is -0.494 e. The average molecular weight is 473 g/mol. The summed E-state index contributed by atoms with van der Waals surface area (Å²) in [4.78, 5) is 15.9. The van der Waals surface area contributed by atoms with Gasteiger partial charge in [0, 0.05) is 11.1 Å². The first-order valence-corrected chi connectivity index (χ1v) is 12.0. The van der Waals surface area contributed by atoms with Crippen molar-refractivity contribution >= 4 is 28.6 Å². The molecule has 6 nitrogen and oxygen atoms in total. The molecule has 1 heterocycles. The van der Waals surface area contributed by atoms with Crippen LogP contribution in [-0.4, -0.2) is 33.8 Å². The number of aryl methyl sites for hydroxylation is 1. The molecule has 1 N–H and O–H groups in total. The van der Waals surface area contributed by atoms with E-state index in [0.717, 1.165) is 41.0 Å². The van der Waals surface area contributed by atoms with Crippen LogP contribution in [0.3, 0.4) is 0 Å². The van der Waals surface area contributed by atoms with E-state index in [1.807, 2.05) is 50.2 Å². The standard InChI is InChI=1S/C26H33ClN2O4/c1-4-6-7-13-32-21-9-8-20(23(27)15-21)17-29-18(3)28-24-16-22(10-11-25(24)29)33-14-12-19(5-2)26(30)31/h8-11,15-16,19H,4-7,12-14,17H2,1-3H3,(H,30,31). The van der Waals surface area contributed by atoms with Crippen molar-refractivity contribution in [3.8, 4) is 11.5 Å². The molecule has 2 aromatic carbocycles. The second-order valence-electron chi connectivity index (χ2n) is 8.29. The van der Waals surface area contributed by atoms with E-state index in [1.54, 1.807) is 0 Å². The normalized spacial score (nSPS) is 12.1. The Morgan fingerprint density at radius 3 is 2.52 bits per heavy atom. The summed E-state index contributed by atoms with van der Waals surface area (Å²) in [5, 5.41) is 9.85. The summed E-state index contributed by atoms with van der Waals surface area (Å²) in [6.45, 7) is 7.69. The lowest BCUT2D eigenvalue weighted by atomic mass is 10.0. The number of benzene rings is 2. The summed E-state index contributed by atoms with van der Waals surface area (Å²) in [6, 6.07) is 11.6. The third-order valence-corrected chi connectivity index (χ3v) is 6.21. The minimum absolute atomic E-state index is 0.360. The molecule has 0 radical (unpaired) electrons. The number of hydrogen-bond acceptors (Lipinski definition) is 4. The number of fused-ring (bicyclic) bond motifs is 1. The molecule has 0 aliphatic carbocycles. The highest BCUT2D eigenvalue weighted by Crippen LogP contribution is 2.27. The van der Waals surface area contributed by atoms with Gasteiger partial charge in [0.25, 0.3) is 0 Å². The molecule has 0 spiro atoms. The maximum Gasteiger partial charge on any atom is 0.306 e. The maximum absolute atomic E-state index is 11.2. The van der Waals surface area contributed by atoms with Crippen molar-refractivity contribution in [1.82, 2.24) is 9.55 Å². The van der Waals surface area contributed by atoms with Gasteiger partial charge in [-0.25, -0.2) is 4.98 Å². The lowest BCUT2D eigenvalue weighted by Gasteiger charge is -2.12. The summed E-state index contributed by atoms with van der Waals surface area (Å²) in [7, 11) is 0. The summed E-state index contributed by atoms with van der Waals surface area (Å²) in [5.41, 5.74) is 2.83. The summed E-state index contributed by atoms with van der Waals surface area (Å²) >= 11 is 6.56. The third-order valence-electron chi connectivity index (χ3n) is 5.86. The SMILES string of the molecule is CCCCCOc1ccc(Cn2c(C)nc3cc(OCCC(CC)C(=O)O)ccc32)c(Cl)c1. The van der Waals surface area contributed by atoms with Crippen molar-refractivity contribution in [2.45, 2.75) is 59.4 Å². The highest BCUT2D eigenvalue weighted by atomic mass is 35.5. The number of carboxylic acid groups (broad SMARTS) is 1. The van der Waals surface area contributed by atoms with E-state index in [9.17, 15) is 9.90 Å². The average Bonchev–Trinajstić information content (AvgIpc) is 3.10. The fraction of sp³-hybridized carbons (Fsp3) is 0.462. The van der Waals surface area contributed by atoms with Gasteiger partial charge >= 0.3 is 5.97 Å². The van der Waals surface area contributed by atoms with Gasteiger partial charge in [-0.15, -0.1) is 0 Å². The zero-order chi connectivity index (χ0) is 23.8. The molecule has 3 aromatic rings. The number of nitrogens with zero attached hydrogens (tertiary/aromatic N) is 2. The molecule has 0 bridgehead atoms. The van der Waals surface area contributed by atoms with Gasteiger partial charge < -0.3 is 19.1 Å². The molecule has 1 unspecified atom stereocenters. The lowest BCUT2D eigenvalue weighted by Crippen LogP contribution is -2.15. The van der Waals surface area contributed by atoms with Crippen molar-refractivity contribution in [2.24, 2.45) is 5.92 Å². The molecule has 0 aliphatic heterocycles. The number of aliphatic carboxylic acids is 1. The molecule has 0 amide bonds. The Kier molecular flexibility index (Phi) is 9.01. The van der Waals surface area contributed by atoms with E-state index < -0.39 is 5.97 Å². The zero-order valence-corrected chi connectivity index (χ0v) is 20.4. The van der Waals surface area contributed by atoms with E-state index in [2.05, 4.69) is 16.5 Å². The van der Waals surface area contributed by atoms with Crippen LogP contribution < -0.4 is 9.47 Å². The number of halogens is 1. The van der Waals surface area contributed by atoms with Gasteiger partial charge in [-0.3, -0.25) is 4.79 Å². The lowest BCUT2D eigenvalue weighted by molar-refractivity contribution is -0.142. The van der Waals surface area contributed by atoms with Crippen LogP contribution in [0.15, 0.2) is 36.4 Å². The molecule has 7 heteroatoms. The number of hydrogen-bond donors (Lipinski definition) is 1. The summed E-state index contributed by atoms with van der Waals surface area (Å²) in [5.74, 6) is 1.21. The Hall–Kier alpha value is -2.73. The fourth-order valence-corrected chi connectivity index (χ4v) is 4.03. The van der Waals surface area contributed by atoms with E-state index in [0.29, 0.717) is 43.4 Å². The molecule has 0 aliphatic rings. The Labute approximate surface area is 200 Å². The first kappa shape index (κ1) is 24.9. The fourth-order valence-electron chi connectivity index (χ4n) is 3.80. The zero-order valence-electron chi connectivity index (χ0n) is 19.6. The molecular weight excluding hydrogens is 440 g/mol. The Balaban J connectivity index is 1.67. The number of imidazole rings is 1. The van der Waals surface area contributed by atoms with Crippen molar-refractivity contribution in [3.05, 3.63) is 52.8 Å². The molecule has 0 saturated heterocycles. The monoisotopic (exact) mass is 472 g/mol. The van der Waals surface area contributed by atoms with Gasteiger partial charge in [-0.2, -0.15) is 0 Å². The minimum atomic E-state index is -0.777. The van der Waals surface area contributed by atoms with Gasteiger partial charge in [0.05, 0.1) is 36.7 Å². The number of carbonyl (C=O) groups is 1.